The number of rotatable bonds is 18. The number of amides is 6. The summed E-state index contributed by atoms with van der Waals surface area (Å²) in [5, 5.41) is 22.1. The van der Waals surface area contributed by atoms with Crippen molar-refractivity contribution in [2.75, 3.05) is 44.4 Å². The molecule has 1 spiro atoms. The maximum atomic E-state index is 14.6. The van der Waals surface area contributed by atoms with E-state index >= 15 is 0 Å². The number of nitrogens with one attached hydrogen (secondary N) is 5. The van der Waals surface area contributed by atoms with Crippen molar-refractivity contribution in [3.8, 4) is 0 Å². The van der Waals surface area contributed by atoms with Gasteiger partial charge in [0, 0.05) is 19.5 Å². The van der Waals surface area contributed by atoms with Gasteiger partial charge in [0.25, 0.3) is 5.91 Å². The molecule has 1 aromatic rings. The predicted molar refractivity (Wildman–Crippen MR) is 214 cm³/mol. The number of carbonyl (C=O) groups excluding carboxylic acids is 7. The topological polar surface area (TPSA) is 212 Å². The maximum absolute atomic E-state index is 14.6. The van der Waals surface area contributed by atoms with E-state index in [-0.39, 0.29) is 50.5 Å². The highest BCUT2D eigenvalue weighted by Crippen LogP contribution is 2.50. The molecule has 4 unspecified atom stereocenters. The van der Waals surface area contributed by atoms with Gasteiger partial charge in [-0.25, -0.2) is 4.79 Å². The zero-order valence-electron chi connectivity index (χ0n) is 32.6. The van der Waals surface area contributed by atoms with E-state index in [1.165, 1.54) is 0 Å². The van der Waals surface area contributed by atoms with Crippen LogP contribution in [-0.4, -0.2) is 118 Å². The first-order chi connectivity index (χ1) is 26.9. The number of likely N-dealkylation sites (tertiary alicyclic amines) is 1. The first-order valence-corrected chi connectivity index (χ1v) is 21.7. The lowest BCUT2D eigenvalue weighted by atomic mass is 9.83. The van der Waals surface area contributed by atoms with Gasteiger partial charge in [-0.3, -0.25) is 28.8 Å². The molecule has 2 saturated heterocycles. The molecule has 4 rings (SSSR count). The minimum atomic E-state index is -1.23. The van der Waals surface area contributed by atoms with Crippen molar-refractivity contribution in [1.29, 1.82) is 0 Å². The molecule has 3 aliphatic rings. The van der Waals surface area contributed by atoms with Gasteiger partial charge in [0.2, 0.25) is 29.4 Å². The Morgan fingerprint density at radius 3 is 2.27 bits per heavy atom. The number of aliphatic hydroxyl groups is 1. The summed E-state index contributed by atoms with van der Waals surface area (Å²) in [6.45, 7) is 5.20. The normalized spacial score (nSPS) is 19.7. The van der Waals surface area contributed by atoms with Gasteiger partial charge < -0.3 is 41.3 Å². The van der Waals surface area contributed by atoms with Crippen molar-refractivity contribution in [3.63, 3.8) is 0 Å². The molecular weight excluding hydrogens is 761 g/mol. The van der Waals surface area contributed by atoms with E-state index in [1.807, 2.05) is 13.8 Å². The first kappa shape index (κ1) is 44.9. The summed E-state index contributed by atoms with van der Waals surface area (Å²) < 4.78 is 4.98. The molecule has 1 aliphatic carbocycles. The number of hydrogen-bond donors (Lipinski definition) is 6. The molecule has 3 fully saturated rings. The molecule has 17 heteroatoms. The summed E-state index contributed by atoms with van der Waals surface area (Å²) in [6, 6.07) is 4.25. The average Bonchev–Trinajstić information content (AvgIpc) is 3.57. The second-order valence-electron chi connectivity index (χ2n) is 15.0. The van der Waals surface area contributed by atoms with E-state index in [0.717, 1.165) is 50.0 Å². The van der Waals surface area contributed by atoms with Crippen LogP contribution in [0.1, 0.15) is 90.2 Å². The van der Waals surface area contributed by atoms with Gasteiger partial charge in [0.05, 0.1) is 29.9 Å². The highest BCUT2D eigenvalue weighted by atomic mass is 32.2. The van der Waals surface area contributed by atoms with Crippen molar-refractivity contribution in [3.05, 3.63) is 35.9 Å². The summed E-state index contributed by atoms with van der Waals surface area (Å²) in [6.07, 6.45) is 5.65. The first-order valence-electron chi connectivity index (χ1n) is 19.7. The van der Waals surface area contributed by atoms with Crippen LogP contribution in [0.4, 0.5) is 4.79 Å². The van der Waals surface area contributed by atoms with Crippen molar-refractivity contribution in [2.45, 2.75) is 107 Å². The standard InChI is InChI=1S/C39H58N6O9S2/c1-4-12-28(33(48)36(51)41-22-30(47)43-31(35(50)40-17-18-46)26-13-7-5-8-14-26)42-34(49)29-21-39(55-19-11-20-56-39)24-45(29)37(52)32(27-15-9-6-10-16-27)44-38(53)54-23-25(2)3/h5,7-8,13-14,25,27-29,31-32,46H,4,6,9-12,15-24H2,1-3H3,(H,40,50)(H,41,51)(H,42,49)(H,43,47)(H,44,53). The van der Waals surface area contributed by atoms with E-state index in [4.69, 9.17) is 9.84 Å². The molecule has 15 nitrogen and oxygen atoms in total. The molecule has 4 atom stereocenters. The van der Waals surface area contributed by atoms with Gasteiger partial charge in [0.1, 0.15) is 18.1 Å². The molecule has 6 N–H and O–H groups in total. The molecule has 0 bridgehead atoms. The minimum Gasteiger partial charge on any atom is -0.449 e. The lowest BCUT2D eigenvalue weighted by molar-refractivity contribution is -0.143. The number of ketones is 1. The van der Waals surface area contributed by atoms with Gasteiger partial charge in [-0.2, -0.15) is 0 Å². The second-order valence-corrected chi connectivity index (χ2v) is 18.2. The third-order valence-electron chi connectivity index (χ3n) is 10.1. The lowest BCUT2D eigenvalue weighted by Crippen LogP contribution is -2.58. The van der Waals surface area contributed by atoms with E-state index in [2.05, 4.69) is 26.6 Å². The third-order valence-corrected chi connectivity index (χ3v) is 13.4. The largest absolute Gasteiger partial charge is 0.449 e. The van der Waals surface area contributed by atoms with E-state index in [1.54, 1.807) is 65.7 Å². The Bertz CT molecular complexity index is 1520. The number of Topliss-reactive ketones (excluding diaryl/α,β-unsaturated/α-hetero) is 1. The Balaban J connectivity index is 1.46. The fraction of sp³-hybridized carbons (Fsp3) is 0.667. The quantitative estimate of drug-likeness (QED) is 0.119. The fourth-order valence-electron chi connectivity index (χ4n) is 7.24. The van der Waals surface area contributed by atoms with Gasteiger partial charge in [-0.1, -0.05) is 76.8 Å². The van der Waals surface area contributed by atoms with Crippen LogP contribution in [0.15, 0.2) is 30.3 Å². The van der Waals surface area contributed by atoms with Crippen LogP contribution in [0.25, 0.3) is 0 Å². The number of alkyl carbamates (subject to hydrolysis) is 1. The van der Waals surface area contributed by atoms with Crippen molar-refractivity contribution >= 4 is 64.9 Å². The lowest BCUT2D eigenvalue weighted by Gasteiger charge is -2.35. The molecule has 1 aromatic carbocycles. The smallest absolute Gasteiger partial charge is 0.407 e. The SMILES string of the molecule is CCCC(NC(=O)C1CC2(CN1C(=O)C(NC(=O)OCC(C)C)C1CCCCC1)SCCCS2)C(=O)C(=O)NCC(=O)NC(C(=O)NCCO)c1ccccc1. The van der Waals surface area contributed by atoms with Crippen molar-refractivity contribution < 1.29 is 43.4 Å². The predicted octanol–water partition coefficient (Wildman–Crippen LogP) is 2.42. The number of benzene rings is 1. The van der Waals surface area contributed by atoms with Crippen molar-refractivity contribution in [2.24, 2.45) is 11.8 Å². The zero-order chi connectivity index (χ0) is 40.7. The van der Waals surface area contributed by atoms with E-state index < -0.39 is 70.3 Å². The molecule has 2 heterocycles. The molecule has 310 valence electrons. The van der Waals surface area contributed by atoms with Crippen LogP contribution in [0.5, 0.6) is 0 Å². The molecule has 1 saturated carbocycles. The maximum Gasteiger partial charge on any atom is 0.407 e. The van der Waals surface area contributed by atoms with Crippen LogP contribution in [0.3, 0.4) is 0 Å². The Morgan fingerprint density at radius 2 is 1.62 bits per heavy atom. The summed E-state index contributed by atoms with van der Waals surface area (Å²) in [7, 11) is 0. The summed E-state index contributed by atoms with van der Waals surface area (Å²) in [5.74, 6) is -2.53. The second kappa shape index (κ2) is 22.2. The molecule has 0 aromatic heterocycles. The van der Waals surface area contributed by atoms with Crippen molar-refractivity contribution in [1.82, 2.24) is 31.5 Å². The monoisotopic (exact) mass is 818 g/mol. The minimum absolute atomic E-state index is 0.0235. The number of aliphatic hydroxyl groups excluding tert-OH is 1. The number of thioether (sulfide) groups is 2. The zero-order valence-corrected chi connectivity index (χ0v) is 34.3. The summed E-state index contributed by atoms with van der Waals surface area (Å²) >= 11 is 3.44. The van der Waals surface area contributed by atoms with E-state index in [0.29, 0.717) is 18.4 Å². The summed E-state index contributed by atoms with van der Waals surface area (Å²) in [5.41, 5.74) is 0.475. The van der Waals surface area contributed by atoms with Gasteiger partial charge in [-0.15, -0.1) is 23.5 Å². The van der Waals surface area contributed by atoms with Gasteiger partial charge in [-0.05, 0) is 54.6 Å². The molecular formula is C39H58N6O9S2. The number of carbonyl (C=O) groups is 7. The number of nitrogens with zero attached hydrogens (tertiary/aromatic N) is 1. The molecule has 6 amide bonds. The van der Waals surface area contributed by atoms with Crippen LogP contribution >= 0.6 is 23.5 Å². The molecule has 0 radical (unpaired) electrons. The number of hydrogen-bond acceptors (Lipinski definition) is 11. The Morgan fingerprint density at radius 1 is 0.929 bits per heavy atom. The number of ether oxygens (including phenoxy) is 1. The van der Waals surface area contributed by atoms with Crippen LogP contribution < -0.4 is 26.6 Å². The Labute approximate surface area is 337 Å². The summed E-state index contributed by atoms with van der Waals surface area (Å²) in [4.78, 5) is 95.7. The highest BCUT2D eigenvalue weighted by Gasteiger charge is 2.52. The van der Waals surface area contributed by atoms with Gasteiger partial charge >= 0.3 is 6.09 Å². The average molecular weight is 819 g/mol. The van der Waals surface area contributed by atoms with E-state index in [9.17, 15) is 33.6 Å². The fourth-order valence-corrected chi connectivity index (χ4v) is 10.6. The Kier molecular flexibility index (Phi) is 17.8. The Hall–Kier alpha value is -3.83. The van der Waals surface area contributed by atoms with Crippen LogP contribution in [0.2, 0.25) is 0 Å². The molecule has 2 aliphatic heterocycles. The molecule has 56 heavy (non-hydrogen) atoms. The van der Waals surface area contributed by atoms with Crippen LogP contribution in [0, 0.1) is 11.8 Å². The third kappa shape index (κ3) is 12.8. The van der Waals surface area contributed by atoms with Gasteiger partial charge in [0.15, 0.2) is 0 Å². The van der Waals surface area contributed by atoms with Crippen LogP contribution in [-0.2, 0) is 33.5 Å². The highest BCUT2D eigenvalue weighted by molar-refractivity contribution is 8.18.